The molecule has 1 saturated heterocycles. The highest BCUT2D eigenvalue weighted by Gasteiger charge is 2.30. The number of nitrogens with one attached hydrogen (secondary N) is 1. The van der Waals surface area contributed by atoms with Crippen molar-refractivity contribution in [1.29, 1.82) is 0 Å². The first kappa shape index (κ1) is 20.1. The predicted molar refractivity (Wildman–Crippen MR) is 114 cm³/mol. The van der Waals surface area contributed by atoms with Crippen LogP contribution < -0.4 is 4.74 Å². The summed E-state index contributed by atoms with van der Waals surface area (Å²) in [4.78, 5) is 21.6. The Bertz CT molecular complexity index is 944. The fraction of sp³-hybridized carbons (Fsp3) is 0.348. The minimum atomic E-state index is 0.00494. The molecular weight excluding hydrogens is 378 g/mol. The lowest BCUT2D eigenvalue weighted by Crippen LogP contribution is -2.38. The second-order valence-corrected chi connectivity index (χ2v) is 7.52. The van der Waals surface area contributed by atoms with Crippen molar-refractivity contribution >= 4 is 5.91 Å². The molecule has 1 atom stereocenters. The highest BCUT2D eigenvalue weighted by atomic mass is 16.5. The lowest BCUT2D eigenvalue weighted by molar-refractivity contribution is -0.133. The van der Waals surface area contributed by atoms with Crippen LogP contribution >= 0.6 is 0 Å². The minimum absolute atomic E-state index is 0.00494. The summed E-state index contributed by atoms with van der Waals surface area (Å²) in [5, 5.41) is 7.37. The molecule has 0 radical (unpaired) electrons. The van der Waals surface area contributed by atoms with Gasteiger partial charge >= 0.3 is 0 Å². The monoisotopic (exact) mass is 405 g/mol. The number of para-hydroxylation sites is 1. The van der Waals surface area contributed by atoms with E-state index in [1.54, 1.807) is 0 Å². The number of aromatic amines is 1. The highest BCUT2D eigenvalue weighted by molar-refractivity contribution is 5.77. The van der Waals surface area contributed by atoms with Crippen LogP contribution in [0, 0.1) is 6.92 Å². The van der Waals surface area contributed by atoms with Crippen molar-refractivity contribution in [3.05, 3.63) is 77.9 Å². The molecule has 0 saturated carbocycles. The molecule has 156 valence electrons. The van der Waals surface area contributed by atoms with E-state index in [-0.39, 0.29) is 18.6 Å². The van der Waals surface area contributed by atoms with Gasteiger partial charge in [-0.15, -0.1) is 0 Å². The summed E-state index contributed by atoms with van der Waals surface area (Å²) in [7, 11) is 0. The third-order valence-corrected chi connectivity index (χ3v) is 5.37. The Balaban J connectivity index is 1.44. The summed E-state index contributed by atoms with van der Waals surface area (Å²) >= 11 is 0. The zero-order valence-corrected chi connectivity index (χ0v) is 17.2. The average Bonchev–Trinajstić information content (AvgIpc) is 3.10. The lowest BCUT2D eigenvalue weighted by atomic mass is 10.1. The molecule has 1 fully saturated rings. The molecule has 2 heterocycles. The highest BCUT2D eigenvalue weighted by Crippen LogP contribution is 2.26. The Labute approximate surface area is 176 Å². The van der Waals surface area contributed by atoms with Gasteiger partial charge in [0.05, 0.1) is 6.04 Å². The zero-order chi connectivity index (χ0) is 20.8. The molecule has 1 aliphatic heterocycles. The molecule has 0 aliphatic carbocycles. The molecule has 1 amide bonds. The zero-order valence-electron chi connectivity index (χ0n) is 17.2. The van der Waals surface area contributed by atoms with Gasteiger partial charge in [-0.3, -0.25) is 14.8 Å². The van der Waals surface area contributed by atoms with E-state index in [1.165, 1.54) is 5.56 Å². The molecule has 0 spiro atoms. The van der Waals surface area contributed by atoms with Crippen LogP contribution in [0.4, 0.5) is 0 Å². The van der Waals surface area contributed by atoms with E-state index in [0.717, 1.165) is 31.2 Å². The topological polar surface area (TPSA) is 74.4 Å². The van der Waals surface area contributed by atoms with Crippen LogP contribution in [0.3, 0.4) is 0 Å². The number of carbonyl (C=O) groups is 1. The van der Waals surface area contributed by atoms with Crippen LogP contribution in [-0.4, -0.2) is 57.1 Å². The fourth-order valence-corrected chi connectivity index (χ4v) is 3.79. The SMILES string of the molecule is Cc1nc(C2CCN(C(=O)COc3ccccc3)CCN2Cc2ccccc2)n[nH]1. The van der Waals surface area contributed by atoms with Gasteiger partial charge in [0.2, 0.25) is 0 Å². The maximum atomic E-state index is 12.8. The van der Waals surface area contributed by atoms with Gasteiger partial charge in [0.25, 0.3) is 5.91 Å². The van der Waals surface area contributed by atoms with E-state index < -0.39 is 0 Å². The Kier molecular flexibility index (Phi) is 6.39. The molecule has 1 unspecified atom stereocenters. The van der Waals surface area contributed by atoms with Crippen LogP contribution in [0.15, 0.2) is 60.7 Å². The second kappa shape index (κ2) is 9.54. The summed E-state index contributed by atoms with van der Waals surface area (Å²) in [6, 6.07) is 19.9. The summed E-state index contributed by atoms with van der Waals surface area (Å²) in [5.74, 6) is 2.31. The van der Waals surface area contributed by atoms with Gasteiger partial charge in [0.1, 0.15) is 11.6 Å². The van der Waals surface area contributed by atoms with Crippen molar-refractivity contribution in [3.8, 4) is 5.75 Å². The van der Waals surface area contributed by atoms with E-state index in [1.807, 2.05) is 48.2 Å². The Morgan fingerprint density at radius 3 is 2.50 bits per heavy atom. The first-order valence-electron chi connectivity index (χ1n) is 10.3. The number of aromatic nitrogens is 3. The normalized spacial score (nSPS) is 17.5. The van der Waals surface area contributed by atoms with Crippen molar-refractivity contribution < 1.29 is 9.53 Å². The first-order chi connectivity index (χ1) is 14.7. The standard InChI is InChI=1S/C23H27N5O2/c1-18-24-23(26-25-18)21-12-13-27(22(29)17-30-20-10-6-3-7-11-20)14-15-28(21)16-19-8-4-2-5-9-19/h2-11,21H,12-17H2,1H3,(H,24,25,26). The maximum absolute atomic E-state index is 12.8. The van der Waals surface area contributed by atoms with E-state index in [9.17, 15) is 4.79 Å². The van der Waals surface area contributed by atoms with Crippen LogP contribution in [0.2, 0.25) is 0 Å². The number of amides is 1. The molecule has 4 rings (SSSR count). The van der Waals surface area contributed by atoms with Crippen molar-refractivity contribution in [3.63, 3.8) is 0 Å². The van der Waals surface area contributed by atoms with Crippen molar-refractivity contribution in [2.45, 2.75) is 25.9 Å². The van der Waals surface area contributed by atoms with E-state index in [4.69, 9.17) is 4.74 Å². The van der Waals surface area contributed by atoms with Crippen LogP contribution in [0.1, 0.15) is 29.7 Å². The number of hydrogen-bond acceptors (Lipinski definition) is 5. The molecule has 1 aromatic heterocycles. The minimum Gasteiger partial charge on any atom is -0.484 e. The number of carbonyl (C=O) groups excluding carboxylic acids is 1. The Morgan fingerprint density at radius 1 is 1.07 bits per heavy atom. The van der Waals surface area contributed by atoms with Gasteiger partial charge in [0.15, 0.2) is 12.4 Å². The number of rotatable bonds is 6. The molecule has 7 heteroatoms. The van der Waals surface area contributed by atoms with Gasteiger partial charge in [-0.2, -0.15) is 5.10 Å². The number of hydrogen-bond donors (Lipinski definition) is 1. The van der Waals surface area contributed by atoms with Crippen LogP contribution in [0.5, 0.6) is 5.75 Å². The summed E-state index contributed by atoms with van der Waals surface area (Å²) in [5.41, 5.74) is 1.24. The molecule has 0 bridgehead atoms. The van der Waals surface area contributed by atoms with Crippen LogP contribution in [-0.2, 0) is 11.3 Å². The van der Waals surface area contributed by atoms with E-state index in [2.05, 4.69) is 44.3 Å². The lowest BCUT2D eigenvalue weighted by Gasteiger charge is -2.27. The fourth-order valence-electron chi connectivity index (χ4n) is 3.79. The molecule has 1 aliphatic rings. The molecular formula is C23H27N5O2. The molecule has 3 aromatic rings. The van der Waals surface area contributed by atoms with Crippen molar-refractivity contribution in [2.24, 2.45) is 0 Å². The second-order valence-electron chi connectivity index (χ2n) is 7.52. The van der Waals surface area contributed by atoms with Gasteiger partial charge in [0, 0.05) is 26.2 Å². The largest absolute Gasteiger partial charge is 0.484 e. The average molecular weight is 406 g/mol. The van der Waals surface area contributed by atoms with E-state index in [0.29, 0.717) is 18.8 Å². The van der Waals surface area contributed by atoms with Crippen molar-refractivity contribution in [1.82, 2.24) is 25.0 Å². The molecule has 7 nitrogen and oxygen atoms in total. The summed E-state index contributed by atoms with van der Waals surface area (Å²) in [6.07, 6.45) is 0.779. The first-order valence-corrected chi connectivity index (χ1v) is 10.3. The number of H-pyrrole nitrogens is 1. The third kappa shape index (κ3) is 5.04. The summed E-state index contributed by atoms with van der Waals surface area (Å²) < 4.78 is 5.66. The van der Waals surface area contributed by atoms with E-state index >= 15 is 0 Å². The Morgan fingerprint density at radius 2 is 1.80 bits per heavy atom. The molecule has 1 N–H and O–H groups in total. The van der Waals surface area contributed by atoms with Crippen LogP contribution in [0.25, 0.3) is 0 Å². The van der Waals surface area contributed by atoms with Gasteiger partial charge in [-0.05, 0) is 31.0 Å². The number of ether oxygens (including phenoxy) is 1. The predicted octanol–water partition coefficient (Wildman–Crippen LogP) is 2.97. The quantitative estimate of drug-likeness (QED) is 0.683. The third-order valence-electron chi connectivity index (χ3n) is 5.37. The smallest absolute Gasteiger partial charge is 0.260 e. The summed E-state index contributed by atoms with van der Waals surface area (Å²) in [6.45, 7) is 4.81. The molecule has 30 heavy (non-hydrogen) atoms. The number of nitrogens with zero attached hydrogens (tertiary/aromatic N) is 4. The number of benzene rings is 2. The molecule has 2 aromatic carbocycles. The van der Waals surface area contributed by atoms with Gasteiger partial charge < -0.3 is 9.64 Å². The van der Waals surface area contributed by atoms with Gasteiger partial charge in [-0.1, -0.05) is 48.5 Å². The number of aryl methyl sites for hydroxylation is 1. The maximum Gasteiger partial charge on any atom is 0.260 e. The van der Waals surface area contributed by atoms with Crippen molar-refractivity contribution in [2.75, 3.05) is 26.2 Å². The Hall–Kier alpha value is -3.19. The van der Waals surface area contributed by atoms with Gasteiger partial charge in [-0.25, -0.2) is 4.98 Å².